The molecule has 2 aliphatic carbocycles. The fourth-order valence-corrected chi connectivity index (χ4v) is 6.56. The zero-order valence-corrected chi connectivity index (χ0v) is 22.6. The molecular formula is C30H34F3N5O. The Morgan fingerprint density at radius 3 is 2.56 bits per heavy atom. The van der Waals surface area contributed by atoms with Gasteiger partial charge in [-0.05, 0) is 91.8 Å². The zero-order chi connectivity index (χ0) is 27.5. The molecule has 3 aromatic rings. The molecule has 0 radical (unpaired) electrons. The SMILES string of the molecule is CC1CC(C(c2cccc(N3Cc4c(cc(CNC5(C)CCC5)cc4C(F)(F)F)C3=O)c2)c2nncn2C)C1. The third-order valence-corrected chi connectivity index (χ3v) is 9.03. The smallest absolute Gasteiger partial charge is 0.320 e. The number of hydrogen-bond acceptors (Lipinski definition) is 4. The number of alkyl halides is 3. The molecule has 1 unspecified atom stereocenters. The van der Waals surface area contributed by atoms with Gasteiger partial charge in [-0.1, -0.05) is 19.1 Å². The molecule has 1 aromatic heterocycles. The minimum Gasteiger partial charge on any atom is -0.320 e. The van der Waals surface area contributed by atoms with Crippen LogP contribution in [-0.4, -0.2) is 26.2 Å². The average Bonchev–Trinajstić information content (AvgIpc) is 3.43. The van der Waals surface area contributed by atoms with Gasteiger partial charge in [0.1, 0.15) is 12.2 Å². The van der Waals surface area contributed by atoms with Crippen molar-refractivity contribution in [3.8, 4) is 0 Å². The average molecular weight is 538 g/mol. The molecule has 1 atom stereocenters. The van der Waals surface area contributed by atoms with Crippen molar-refractivity contribution >= 4 is 11.6 Å². The van der Waals surface area contributed by atoms with Crippen LogP contribution in [0.2, 0.25) is 0 Å². The molecule has 2 saturated carbocycles. The van der Waals surface area contributed by atoms with Crippen molar-refractivity contribution < 1.29 is 18.0 Å². The van der Waals surface area contributed by atoms with Crippen LogP contribution in [0.1, 0.15) is 90.3 Å². The van der Waals surface area contributed by atoms with Crippen molar-refractivity contribution in [2.45, 2.75) is 76.7 Å². The van der Waals surface area contributed by atoms with Gasteiger partial charge in [-0.15, -0.1) is 10.2 Å². The number of hydrogen-bond donors (Lipinski definition) is 1. The van der Waals surface area contributed by atoms with Gasteiger partial charge in [0, 0.05) is 36.3 Å². The lowest BCUT2D eigenvalue weighted by molar-refractivity contribution is -0.138. The van der Waals surface area contributed by atoms with E-state index in [9.17, 15) is 18.0 Å². The van der Waals surface area contributed by atoms with Crippen LogP contribution in [0.25, 0.3) is 0 Å². The minimum absolute atomic E-state index is 0.00464. The molecule has 1 amide bonds. The van der Waals surface area contributed by atoms with Crippen molar-refractivity contribution in [1.29, 1.82) is 0 Å². The molecule has 6 rings (SSSR count). The second kappa shape index (κ2) is 9.47. The van der Waals surface area contributed by atoms with Crippen molar-refractivity contribution in [2.24, 2.45) is 18.9 Å². The van der Waals surface area contributed by atoms with E-state index in [0.717, 1.165) is 43.5 Å². The van der Waals surface area contributed by atoms with Crippen molar-refractivity contribution in [3.63, 3.8) is 0 Å². The quantitative estimate of drug-likeness (QED) is 0.390. The Morgan fingerprint density at radius 2 is 1.95 bits per heavy atom. The van der Waals surface area contributed by atoms with E-state index in [-0.39, 0.29) is 29.1 Å². The molecule has 2 aromatic carbocycles. The number of rotatable bonds is 7. The van der Waals surface area contributed by atoms with E-state index in [2.05, 4.69) is 29.4 Å². The highest BCUT2D eigenvalue weighted by Crippen LogP contribution is 2.47. The Kier molecular flexibility index (Phi) is 6.32. The largest absolute Gasteiger partial charge is 0.416 e. The number of carbonyl (C=O) groups excluding carboxylic acids is 1. The number of halogens is 3. The van der Waals surface area contributed by atoms with E-state index in [0.29, 0.717) is 29.6 Å². The summed E-state index contributed by atoms with van der Waals surface area (Å²) in [6.07, 6.45) is 2.40. The van der Waals surface area contributed by atoms with Gasteiger partial charge in [-0.3, -0.25) is 4.79 Å². The second-order valence-electron chi connectivity index (χ2n) is 12.0. The normalized spacial score (nSPS) is 22.8. The number of carbonyl (C=O) groups is 1. The van der Waals surface area contributed by atoms with Crippen LogP contribution in [0.4, 0.5) is 18.9 Å². The first-order valence-electron chi connectivity index (χ1n) is 13.8. The van der Waals surface area contributed by atoms with Crippen molar-refractivity contribution in [3.05, 3.63) is 76.4 Å². The summed E-state index contributed by atoms with van der Waals surface area (Å²) in [6, 6.07) is 10.5. The molecule has 9 heteroatoms. The van der Waals surface area contributed by atoms with Gasteiger partial charge in [0.15, 0.2) is 0 Å². The van der Waals surface area contributed by atoms with E-state index in [1.54, 1.807) is 18.5 Å². The molecule has 1 N–H and O–H groups in total. The first kappa shape index (κ1) is 26.0. The third-order valence-electron chi connectivity index (χ3n) is 9.03. The highest BCUT2D eigenvalue weighted by molar-refractivity contribution is 6.10. The predicted octanol–water partition coefficient (Wildman–Crippen LogP) is 6.20. The molecule has 6 nitrogen and oxygen atoms in total. The number of nitrogens with zero attached hydrogens (tertiary/aromatic N) is 4. The molecule has 2 heterocycles. The van der Waals surface area contributed by atoms with Crippen LogP contribution in [0.3, 0.4) is 0 Å². The second-order valence-corrected chi connectivity index (χ2v) is 12.0. The van der Waals surface area contributed by atoms with Gasteiger partial charge in [-0.25, -0.2) is 0 Å². The van der Waals surface area contributed by atoms with Crippen LogP contribution in [0.15, 0.2) is 42.7 Å². The maximum Gasteiger partial charge on any atom is 0.416 e. The molecule has 1 aliphatic heterocycles. The molecule has 0 saturated heterocycles. The van der Waals surface area contributed by atoms with Crippen LogP contribution < -0.4 is 10.2 Å². The minimum atomic E-state index is -4.55. The molecular weight excluding hydrogens is 503 g/mol. The molecule has 0 bridgehead atoms. The maximum atomic E-state index is 14.2. The zero-order valence-electron chi connectivity index (χ0n) is 22.6. The van der Waals surface area contributed by atoms with Crippen LogP contribution in [0.5, 0.6) is 0 Å². The molecule has 3 aliphatic rings. The summed E-state index contributed by atoms with van der Waals surface area (Å²) >= 11 is 0. The number of benzene rings is 2. The first-order valence-corrected chi connectivity index (χ1v) is 13.8. The van der Waals surface area contributed by atoms with E-state index in [4.69, 9.17) is 0 Å². The summed E-state index contributed by atoms with van der Waals surface area (Å²) in [6.45, 7) is 4.52. The number of nitrogens with one attached hydrogen (secondary N) is 1. The van der Waals surface area contributed by atoms with E-state index in [1.807, 2.05) is 29.8 Å². The lowest BCUT2D eigenvalue weighted by atomic mass is 9.67. The highest BCUT2D eigenvalue weighted by Gasteiger charge is 2.42. The monoisotopic (exact) mass is 537 g/mol. The summed E-state index contributed by atoms with van der Waals surface area (Å²) < 4.78 is 44.5. The number of anilines is 1. The standard InChI is InChI=1S/C30H34F3N5O/c1-18-10-21(11-18)26(27-36-35-17-37(27)3)20-6-4-7-22(14-20)38-16-24-23(28(38)39)12-19(13-25(24)30(31,32)33)15-34-29(2)8-5-9-29/h4,6-7,12-14,17-18,21,26,34H,5,8-11,15-16H2,1-3H3. The van der Waals surface area contributed by atoms with Crippen LogP contribution >= 0.6 is 0 Å². The molecule has 39 heavy (non-hydrogen) atoms. The van der Waals surface area contributed by atoms with Gasteiger partial charge >= 0.3 is 6.18 Å². The highest BCUT2D eigenvalue weighted by atomic mass is 19.4. The Morgan fingerprint density at radius 1 is 1.18 bits per heavy atom. The Balaban J connectivity index is 1.33. The van der Waals surface area contributed by atoms with Crippen molar-refractivity contribution in [1.82, 2.24) is 20.1 Å². The number of aryl methyl sites for hydroxylation is 1. The summed E-state index contributed by atoms with van der Waals surface area (Å²) in [7, 11) is 1.92. The topological polar surface area (TPSA) is 63.1 Å². The molecule has 206 valence electrons. The number of fused-ring (bicyclic) bond motifs is 1. The number of aromatic nitrogens is 3. The van der Waals surface area contributed by atoms with Crippen LogP contribution in [0, 0.1) is 11.8 Å². The van der Waals surface area contributed by atoms with Gasteiger partial charge in [-0.2, -0.15) is 13.2 Å². The van der Waals surface area contributed by atoms with Gasteiger partial charge < -0.3 is 14.8 Å². The molecule has 2 fully saturated rings. The van der Waals surface area contributed by atoms with Crippen LogP contribution in [-0.2, 0) is 26.3 Å². The van der Waals surface area contributed by atoms with E-state index >= 15 is 0 Å². The number of amides is 1. The Bertz CT molecular complexity index is 1400. The summed E-state index contributed by atoms with van der Waals surface area (Å²) in [5, 5.41) is 11.9. The summed E-state index contributed by atoms with van der Waals surface area (Å²) in [4.78, 5) is 15.1. The Labute approximate surface area is 226 Å². The van der Waals surface area contributed by atoms with E-state index < -0.39 is 17.6 Å². The lowest BCUT2D eigenvalue weighted by Crippen LogP contribution is -2.47. The first-order chi connectivity index (χ1) is 18.5. The summed E-state index contributed by atoms with van der Waals surface area (Å²) in [5.74, 6) is 1.51. The Hall–Kier alpha value is -3.20. The van der Waals surface area contributed by atoms with E-state index in [1.165, 1.54) is 11.0 Å². The fraction of sp³-hybridized carbons (Fsp3) is 0.500. The van der Waals surface area contributed by atoms with Crippen molar-refractivity contribution in [2.75, 3.05) is 4.90 Å². The van der Waals surface area contributed by atoms with Gasteiger partial charge in [0.05, 0.1) is 12.1 Å². The predicted molar refractivity (Wildman–Crippen MR) is 142 cm³/mol. The van der Waals surface area contributed by atoms with Gasteiger partial charge in [0.25, 0.3) is 5.91 Å². The van der Waals surface area contributed by atoms with Gasteiger partial charge in [0.2, 0.25) is 0 Å². The third kappa shape index (κ3) is 4.75. The maximum absolute atomic E-state index is 14.2. The summed E-state index contributed by atoms with van der Waals surface area (Å²) in [5.41, 5.74) is 1.51. The molecule has 0 spiro atoms. The fourth-order valence-electron chi connectivity index (χ4n) is 6.56. The lowest BCUT2D eigenvalue weighted by Gasteiger charge is -2.39.